The van der Waals surface area contributed by atoms with Gasteiger partial charge >= 0.3 is 0 Å². The van der Waals surface area contributed by atoms with Crippen LogP contribution in [-0.4, -0.2) is 12.0 Å². The lowest BCUT2D eigenvalue weighted by Gasteiger charge is -2.15. The largest absolute Gasteiger partial charge is 0.481 e. The quantitative estimate of drug-likeness (QED) is 0.885. The molecule has 0 saturated carbocycles. The van der Waals surface area contributed by atoms with Crippen LogP contribution < -0.4 is 10.1 Å². The average molecular weight is 324 g/mol. The fourth-order valence-corrected chi connectivity index (χ4v) is 2.14. The molecule has 21 heavy (non-hydrogen) atoms. The van der Waals surface area contributed by atoms with Crippen molar-refractivity contribution in [1.29, 1.82) is 0 Å². The Hall–Kier alpha value is -1.71. The van der Waals surface area contributed by atoms with Crippen LogP contribution in [0.5, 0.6) is 5.75 Å². The Morgan fingerprint density at radius 3 is 2.43 bits per heavy atom. The van der Waals surface area contributed by atoms with E-state index in [2.05, 4.69) is 5.32 Å². The van der Waals surface area contributed by atoms with Crippen LogP contribution in [0.1, 0.15) is 12.5 Å². The standard InChI is InChI=1S/C16H15Cl2NO2/c1-10-3-8-15(14(18)9-10)19-16(20)11(2)21-13-6-4-12(17)5-7-13/h3-9,11H,1-2H3,(H,19,20)/t11-/m1/s1. The highest BCUT2D eigenvalue weighted by Gasteiger charge is 2.16. The number of carbonyl (C=O) groups is 1. The van der Waals surface area contributed by atoms with Crippen molar-refractivity contribution < 1.29 is 9.53 Å². The van der Waals surface area contributed by atoms with Gasteiger partial charge in [-0.05, 0) is 55.8 Å². The fourth-order valence-electron chi connectivity index (χ4n) is 1.73. The first-order valence-corrected chi connectivity index (χ1v) is 7.20. The van der Waals surface area contributed by atoms with Crippen LogP contribution in [0.2, 0.25) is 10.0 Å². The summed E-state index contributed by atoms with van der Waals surface area (Å²) < 4.78 is 5.55. The van der Waals surface area contributed by atoms with Gasteiger partial charge in [0.2, 0.25) is 0 Å². The number of anilines is 1. The van der Waals surface area contributed by atoms with Gasteiger partial charge in [0.05, 0.1) is 10.7 Å². The fraction of sp³-hybridized carbons (Fsp3) is 0.188. The SMILES string of the molecule is Cc1ccc(NC(=O)[C@@H](C)Oc2ccc(Cl)cc2)c(Cl)c1. The Kier molecular flexibility index (Phi) is 5.10. The third-order valence-electron chi connectivity index (χ3n) is 2.88. The molecule has 0 heterocycles. The molecule has 0 unspecified atom stereocenters. The first-order valence-electron chi connectivity index (χ1n) is 6.45. The highest BCUT2D eigenvalue weighted by Crippen LogP contribution is 2.23. The van der Waals surface area contributed by atoms with Crippen molar-refractivity contribution in [2.45, 2.75) is 20.0 Å². The van der Waals surface area contributed by atoms with Gasteiger partial charge in [0.15, 0.2) is 6.10 Å². The molecule has 1 N–H and O–H groups in total. The molecular formula is C16H15Cl2NO2. The first-order chi connectivity index (χ1) is 9.95. The molecule has 0 aromatic heterocycles. The monoisotopic (exact) mass is 323 g/mol. The number of aryl methyl sites for hydroxylation is 1. The Morgan fingerprint density at radius 1 is 1.14 bits per heavy atom. The van der Waals surface area contributed by atoms with Crippen molar-refractivity contribution in [3.05, 3.63) is 58.1 Å². The van der Waals surface area contributed by atoms with Crippen molar-refractivity contribution in [3.8, 4) is 5.75 Å². The van der Waals surface area contributed by atoms with E-state index in [1.165, 1.54) is 0 Å². The number of rotatable bonds is 4. The normalized spacial score (nSPS) is 11.8. The summed E-state index contributed by atoms with van der Waals surface area (Å²) >= 11 is 11.9. The second-order valence-electron chi connectivity index (χ2n) is 4.69. The van der Waals surface area contributed by atoms with Crippen LogP contribution in [0.25, 0.3) is 0 Å². The minimum Gasteiger partial charge on any atom is -0.481 e. The van der Waals surface area contributed by atoms with Crippen molar-refractivity contribution >= 4 is 34.8 Å². The van der Waals surface area contributed by atoms with Crippen LogP contribution in [0, 0.1) is 6.92 Å². The molecule has 0 aliphatic heterocycles. The highest BCUT2D eigenvalue weighted by atomic mass is 35.5. The van der Waals surface area contributed by atoms with E-state index in [1.54, 1.807) is 43.3 Å². The van der Waals surface area contributed by atoms with Gasteiger partial charge in [-0.3, -0.25) is 4.79 Å². The zero-order valence-corrected chi connectivity index (χ0v) is 13.2. The van der Waals surface area contributed by atoms with Gasteiger partial charge in [-0.1, -0.05) is 29.3 Å². The third kappa shape index (κ3) is 4.38. The third-order valence-corrected chi connectivity index (χ3v) is 3.44. The van der Waals surface area contributed by atoms with Gasteiger partial charge in [-0.15, -0.1) is 0 Å². The molecular weight excluding hydrogens is 309 g/mol. The molecule has 2 rings (SSSR count). The van der Waals surface area contributed by atoms with Crippen molar-refractivity contribution in [1.82, 2.24) is 0 Å². The van der Waals surface area contributed by atoms with Crippen LogP contribution in [0.15, 0.2) is 42.5 Å². The number of amides is 1. The molecule has 0 bridgehead atoms. The summed E-state index contributed by atoms with van der Waals surface area (Å²) in [4.78, 5) is 12.1. The summed E-state index contributed by atoms with van der Waals surface area (Å²) in [5.74, 6) is 0.313. The molecule has 0 fully saturated rings. The van der Waals surface area contributed by atoms with Crippen LogP contribution in [-0.2, 0) is 4.79 Å². The lowest BCUT2D eigenvalue weighted by atomic mass is 10.2. The molecule has 2 aromatic carbocycles. The summed E-state index contributed by atoms with van der Waals surface area (Å²) in [5, 5.41) is 3.87. The van der Waals surface area contributed by atoms with Gasteiger partial charge < -0.3 is 10.1 Å². The molecule has 0 saturated heterocycles. The smallest absolute Gasteiger partial charge is 0.265 e. The predicted octanol–water partition coefficient (Wildman–Crippen LogP) is 4.71. The summed E-state index contributed by atoms with van der Waals surface area (Å²) in [6.07, 6.45) is -0.649. The maximum atomic E-state index is 12.1. The maximum absolute atomic E-state index is 12.1. The van der Waals surface area contributed by atoms with Gasteiger partial charge in [0, 0.05) is 5.02 Å². The molecule has 1 amide bonds. The minimum atomic E-state index is -0.649. The van der Waals surface area contributed by atoms with E-state index in [1.807, 2.05) is 13.0 Å². The summed E-state index contributed by atoms with van der Waals surface area (Å²) in [5.41, 5.74) is 1.60. The van der Waals surface area contributed by atoms with E-state index in [9.17, 15) is 4.79 Å². The number of hydrogen-bond donors (Lipinski definition) is 1. The molecule has 2 aromatic rings. The molecule has 0 radical (unpaired) electrons. The topological polar surface area (TPSA) is 38.3 Å². The summed E-state index contributed by atoms with van der Waals surface area (Å²) in [6, 6.07) is 12.3. The van der Waals surface area contributed by atoms with Gasteiger partial charge in [0.25, 0.3) is 5.91 Å². The lowest BCUT2D eigenvalue weighted by molar-refractivity contribution is -0.122. The number of halogens is 2. The molecule has 0 aliphatic rings. The zero-order chi connectivity index (χ0) is 15.4. The zero-order valence-electron chi connectivity index (χ0n) is 11.7. The summed E-state index contributed by atoms with van der Waals surface area (Å²) in [6.45, 7) is 3.61. The number of hydrogen-bond acceptors (Lipinski definition) is 2. The summed E-state index contributed by atoms with van der Waals surface area (Å²) in [7, 11) is 0. The molecule has 5 heteroatoms. The lowest BCUT2D eigenvalue weighted by Crippen LogP contribution is -2.30. The van der Waals surface area contributed by atoms with Crippen molar-refractivity contribution in [3.63, 3.8) is 0 Å². The van der Waals surface area contributed by atoms with Crippen molar-refractivity contribution in [2.24, 2.45) is 0 Å². The Morgan fingerprint density at radius 2 is 1.81 bits per heavy atom. The van der Waals surface area contributed by atoms with E-state index in [0.29, 0.717) is 21.5 Å². The number of ether oxygens (including phenoxy) is 1. The van der Waals surface area contributed by atoms with E-state index < -0.39 is 6.10 Å². The van der Waals surface area contributed by atoms with E-state index in [4.69, 9.17) is 27.9 Å². The number of benzene rings is 2. The van der Waals surface area contributed by atoms with E-state index in [0.717, 1.165) is 5.56 Å². The minimum absolute atomic E-state index is 0.268. The first kappa shape index (κ1) is 15.7. The van der Waals surface area contributed by atoms with Crippen LogP contribution in [0.3, 0.4) is 0 Å². The number of nitrogens with one attached hydrogen (secondary N) is 1. The van der Waals surface area contributed by atoms with Crippen LogP contribution in [0.4, 0.5) is 5.69 Å². The van der Waals surface area contributed by atoms with Crippen molar-refractivity contribution in [2.75, 3.05) is 5.32 Å². The second kappa shape index (κ2) is 6.83. The molecule has 3 nitrogen and oxygen atoms in total. The average Bonchev–Trinajstić information content (AvgIpc) is 2.44. The van der Waals surface area contributed by atoms with Gasteiger partial charge in [0.1, 0.15) is 5.75 Å². The Bertz CT molecular complexity index is 641. The molecule has 110 valence electrons. The molecule has 1 atom stereocenters. The maximum Gasteiger partial charge on any atom is 0.265 e. The van der Waals surface area contributed by atoms with E-state index in [-0.39, 0.29) is 5.91 Å². The molecule has 0 spiro atoms. The molecule has 0 aliphatic carbocycles. The predicted molar refractivity (Wildman–Crippen MR) is 86.4 cm³/mol. The number of carbonyl (C=O) groups excluding carboxylic acids is 1. The Balaban J connectivity index is 2.00. The highest BCUT2D eigenvalue weighted by molar-refractivity contribution is 6.33. The second-order valence-corrected chi connectivity index (χ2v) is 5.53. The van der Waals surface area contributed by atoms with Gasteiger partial charge in [-0.2, -0.15) is 0 Å². The van der Waals surface area contributed by atoms with E-state index >= 15 is 0 Å². The van der Waals surface area contributed by atoms with Gasteiger partial charge in [-0.25, -0.2) is 0 Å². The van der Waals surface area contributed by atoms with Crippen LogP contribution >= 0.6 is 23.2 Å². The Labute approximate surface area is 133 Å².